The molecule has 0 amide bonds. The number of hydrogen-bond acceptors (Lipinski definition) is 3. The minimum absolute atomic E-state index is 0.627. The van der Waals surface area contributed by atoms with Gasteiger partial charge in [-0.3, -0.25) is 0 Å². The van der Waals surface area contributed by atoms with E-state index in [1.54, 1.807) is 11.3 Å². The van der Waals surface area contributed by atoms with Crippen molar-refractivity contribution in [3.63, 3.8) is 0 Å². The molecule has 0 fully saturated rings. The smallest absolute Gasteiger partial charge is 0.188 e. The number of para-hydroxylation sites is 1. The van der Waals surface area contributed by atoms with E-state index in [4.69, 9.17) is 16.5 Å². The third kappa shape index (κ3) is 4.81. The number of fused-ring (bicyclic) bond motifs is 6. The Morgan fingerprint density at radius 3 is 1.75 bits per heavy atom. The topological polar surface area (TPSA) is 35.1 Å². The Bertz CT molecular complexity index is 2950. The molecule has 0 aliphatic heterocycles. The molecule has 0 spiro atoms. The Hall–Kier alpha value is -6.87. The maximum absolute atomic E-state index is 7.77. The molecule has 4 nitrogen and oxygen atoms in total. The number of thiophene rings is 1. The van der Waals surface area contributed by atoms with Crippen LogP contribution in [0.4, 0.5) is 5.69 Å². The molecular formula is C47H28N4S. The minimum Gasteiger partial charge on any atom is -0.308 e. The average molecular weight is 681 g/mol. The molecule has 0 unspecified atom stereocenters. The van der Waals surface area contributed by atoms with Crippen LogP contribution >= 0.6 is 11.3 Å². The van der Waals surface area contributed by atoms with E-state index in [9.17, 15) is 0 Å². The first-order chi connectivity index (χ1) is 25.7. The number of aromatic nitrogens is 3. The van der Waals surface area contributed by atoms with Gasteiger partial charge < -0.3 is 4.57 Å². The van der Waals surface area contributed by atoms with Gasteiger partial charge in [0, 0.05) is 37.7 Å². The van der Waals surface area contributed by atoms with Crippen LogP contribution in [-0.4, -0.2) is 14.5 Å². The molecule has 0 saturated carbocycles. The van der Waals surface area contributed by atoms with Gasteiger partial charge in [-0.05, 0) is 52.9 Å². The number of hydrogen-bond donors (Lipinski definition) is 0. The van der Waals surface area contributed by atoms with Crippen molar-refractivity contribution < 1.29 is 0 Å². The summed E-state index contributed by atoms with van der Waals surface area (Å²) < 4.78 is 4.64. The summed E-state index contributed by atoms with van der Waals surface area (Å²) in [4.78, 5) is 14.4. The Morgan fingerprint density at radius 1 is 0.500 bits per heavy atom. The highest BCUT2D eigenvalue weighted by Gasteiger charge is 2.24. The van der Waals surface area contributed by atoms with Crippen LogP contribution in [0.25, 0.3) is 97.5 Å². The van der Waals surface area contributed by atoms with Crippen molar-refractivity contribution in [3.8, 4) is 50.6 Å². The third-order valence-corrected chi connectivity index (χ3v) is 11.0. The molecule has 0 aliphatic rings. The Morgan fingerprint density at radius 2 is 1.08 bits per heavy atom. The first kappa shape index (κ1) is 30.0. The van der Waals surface area contributed by atoms with Gasteiger partial charge >= 0.3 is 0 Å². The van der Waals surface area contributed by atoms with E-state index in [1.807, 2.05) is 30.3 Å². The molecule has 10 rings (SSSR count). The van der Waals surface area contributed by atoms with Crippen LogP contribution in [0.3, 0.4) is 0 Å². The Labute approximate surface area is 304 Å². The fourth-order valence-electron chi connectivity index (χ4n) is 7.46. The largest absolute Gasteiger partial charge is 0.308 e. The van der Waals surface area contributed by atoms with E-state index in [0.29, 0.717) is 11.5 Å². The van der Waals surface area contributed by atoms with E-state index >= 15 is 0 Å². The van der Waals surface area contributed by atoms with E-state index in [2.05, 4.69) is 149 Å². The monoisotopic (exact) mass is 680 g/mol. The van der Waals surface area contributed by atoms with E-state index < -0.39 is 0 Å². The van der Waals surface area contributed by atoms with Gasteiger partial charge in [-0.1, -0.05) is 133 Å². The Kier molecular flexibility index (Phi) is 7.02. The fraction of sp³-hybridized carbons (Fsp3) is 0. The van der Waals surface area contributed by atoms with Gasteiger partial charge in [-0.25, -0.2) is 14.8 Å². The first-order valence-electron chi connectivity index (χ1n) is 17.2. The molecule has 0 radical (unpaired) electrons. The van der Waals surface area contributed by atoms with Crippen molar-refractivity contribution in [1.29, 1.82) is 0 Å². The van der Waals surface area contributed by atoms with Crippen LogP contribution in [0.2, 0.25) is 0 Å². The highest BCUT2D eigenvalue weighted by molar-refractivity contribution is 7.26. The molecule has 5 heteroatoms. The summed E-state index contributed by atoms with van der Waals surface area (Å²) in [5, 5.41) is 3.30. The first-order valence-corrected chi connectivity index (χ1v) is 18.0. The summed E-state index contributed by atoms with van der Waals surface area (Å²) in [6.45, 7) is 7.77. The molecule has 52 heavy (non-hydrogen) atoms. The van der Waals surface area contributed by atoms with Crippen LogP contribution < -0.4 is 0 Å². The molecule has 3 aromatic heterocycles. The summed E-state index contributed by atoms with van der Waals surface area (Å²) in [6.07, 6.45) is 0. The molecule has 7 aromatic carbocycles. The SMILES string of the molecule is [C-]#[N+]c1ccc2c(c1)c1ccccc1n2-c1c(-c2ccccc2)cc(-c2nc(-c3ccccc3)nc3c2sc2ccccc23)cc1-c1ccccc1. The standard InChI is InChI=1S/C47H28N4S/c1-48-34-25-26-41-39(29-34)35-21-11-13-23-40(35)51(41)45-37(30-15-5-2-6-16-30)27-33(28-38(45)31-17-7-3-8-18-31)43-46-44(36-22-12-14-24-42(36)52-46)50-47(49-43)32-19-9-4-10-20-32/h2-29H. The second-order valence-corrected chi connectivity index (χ2v) is 13.9. The summed E-state index contributed by atoms with van der Waals surface area (Å²) in [7, 11) is 0. The second kappa shape index (κ2) is 12.2. The molecule has 3 heterocycles. The lowest BCUT2D eigenvalue weighted by Crippen LogP contribution is -2.02. The van der Waals surface area contributed by atoms with Gasteiger partial charge in [0.05, 0.1) is 39.2 Å². The molecule has 0 atom stereocenters. The van der Waals surface area contributed by atoms with Crippen molar-refractivity contribution in [2.75, 3.05) is 0 Å². The minimum atomic E-state index is 0.627. The summed E-state index contributed by atoms with van der Waals surface area (Å²) in [5.41, 5.74) is 12.1. The predicted molar refractivity (Wildman–Crippen MR) is 217 cm³/mol. The van der Waals surface area contributed by atoms with Crippen LogP contribution in [0.5, 0.6) is 0 Å². The molecule has 0 saturated heterocycles. The summed E-state index contributed by atoms with van der Waals surface area (Å²) in [5.74, 6) is 0.705. The van der Waals surface area contributed by atoms with E-state index in [1.165, 1.54) is 4.70 Å². The molecule has 0 N–H and O–H groups in total. The van der Waals surface area contributed by atoms with Gasteiger partial charge in [-0.2, -0.15) is 0 Å². The van der Waals surface area contributed by atoms with Gasteiger partial charge in [0.15, 0.2) is 11.5 Å². The zero-order valence-corrected chi connectivity index (χ0v) is 28.7. The molecule has 0 bridgehead atoms. The fourth-order valence-corrected chi connectivity index (χ4v) is 8.62. The van der Waals surface area contributed by atoms with Crippen LogP contribution in [0.15, 0.2) is 170 Å². The quantitative estimate of drug-likeness (QED) is 0.170. The molecule has 10 aromatic rings. The lowest BCUT2D eigenvalue weighted by atomic mass is 9.91. The van der Waals surface area contributed by atoms with Crippen LogP contribution in [-0.2, 0) is 0 Å². The van der Waals surface area contributed by atoms with Crippen LogP contribution in [0.1, 0.15) is 0 Å². The zero-order valence-electron chi connectivity index (χ0n) is 27.9. The zero-order chi connectivity index (χ0) is 34.6. The second-order valence-electron chi connectivity index (χ2n) is 12.9. The molecule has 242 valence electrons. The normalized spacial score (nSPS) is 11.4. The highest BCUT2D eigenvalue weighted by Crippen LogP contribution is 2.46. The van der Waals surface area contributed by atoms with Crippen LogP contribution in [0, 0.1) is 6.57 Å². The van der Waals surface area contributed by atoms with Gasteiger partial charge in [0.1, 0.15) is 0 Å². The lowest BCUT2D eigenvalue weighted by Gasteiger charge is -2.21. The molecular weight excluding hydrogens is 653 g/mol. The summed E-state index contributed by atoms with van der Waals surface area (Å²) in [6, 6.07) is 59.2. The third-order valence-electron chi connectivity index (χ3n) is 9.81. The Balaban J connectivity index is 1.37. The van der Waals surface area contributed by atoms with Crippen molar-refractivity contribution in [2.45, 2.75) is 0 Å². The number of nitrogens with zero attached hydrogens (tertiary/aromatic N) is 4. The average Bonchev–Trinajstić information content (AvgIpc) is 3.76. The number of rotatable bonds is 5. The summed E-state index contributed by atoms with van der Waals surface area (Å²) >= 11 is 1.75. The van der Waals surface area contributed by atoms with Crippen molar-refractivity contribution in [1.82, 2.24) is 14.5 Å². The van der Waals surface area contributed by atoms with Crippen molar-refractivity contribution in [3.05, 3.63) is 181 Å². The van der Waals surface area contributed by atoms with Crippen molar-refractivity contribution in [2.24, 2.45) is 0 Å². The van der Waals surface area contributed by atoms with E-state index in [0.717, 1.165) is 82.2 Å². The lowest BCUT2D eigenvalue weighted by molar-refractivity contribution is 1.18. The van der Waals surface area contributed by atoms with Crippen molar-refractivity contribution >= 4 is 59.1 Å². The molecule has 0 aliphatic carbocycles. The maximum atomic E-state index is 7.77. The maximum Gasteiger partial charge on any atom is 0.188 e. The predicted octanol–water partition coefficient (Wildman–Crippen LogP) is 13.2. The van der Waals surface area contributed by atoms with Gasteiger partial charge in [-0.15, -0.1) is 11.3 Å². The highest BCUT2D eigenvalue weighted by atomic mass is 32.1. The van der Waals surface area contributed by atoms with Gasteiger partial charge in [0.25, 0.3) is 0 Å². The van der Waals surface area contributed by atoms with E-state index in [-0.39, 0.29) is 0 Å². The van der Waals surface area contributed by atoms with Gasteiger partial charge in [0.2, 0.25) is 0 Å². The number of benzene rings is 7.